The standard InChI is InChI=1S/C17H33N/c1-5-7-8-11-16(18-6-2)17(14-15(3)4)12-9-10-13-17/h5,15-16,18H,1,6-14H2,2-4H3. The maximum absolute atomic E-state index is 3.85. The van der Waals surface area contributed by atoms with Crippen molar-refractivity contribution >= 4 is 0 Å². The second-order valence-corrected chi connectivity index (χ2v) is 6.50. The zero-order valence-electron chi connectivity index (χ0n) is 12.8. The molecule has 0 aromatic rings. The molecule has 0 saturated heterocycles. The van der Waals surface area contributed by atoms with E-state index in [0.29, 0.717) is 5.41 Å². The molecule has 0 bridgehead atoms. The summed E-state index contributed by atoms with van der Waals surface area (Å²) in [5.74, 6) is 0.823. The van der Waals surface area contributed by atoms with Crippen molar-refractivity contribution in [1.29, 1.82) is 0 Å². The topological polar surface area (TPSA) is 12.0 Å². The number of hydrogen-bond acceptors (Lipinski definition) is 1. The molecule has 0 heterocycles. The summed E-state index contributed by atoms with van der Waals surface area (Å²) < 4.78 is 0. The van der Waals surface area contributed by atoms with E-state index in [1.165, 1.54) is 51.4 Å². The molecule has 0 spiro atoms. The Bertz CT molecular complexity index is 226. The van der Waals surface area contributed by atoms with Gasteiger partial charge in [-0.25, -0.2) is 0 Å². The Balaban J connectivity index is 2.66. The normalized spacial score (nSPS) is 20.2. The highest BCUT2D eigenvalue weighted by Gasteiger charge is 2.40. The zero-order valence-corrected chi connectivity index (χ0v) is 12.8. The van der Waals surface area contributed by atoms with Crippen molar-refractivity contribution in [3.63, 3.8) is 0 Å². The molecule has 1 aliphatic rings. The van der Waals surface area contributed by atoms with E-state index < -0.39 is 0 Å². The highest BCUT2D eigenvalue weighted by molar-refractivity contribution is 4.95. The molecule has 1 heteroatoms. The highest BCUT2D eigenvalue weighted by atomic mass is 14.9. The van der Waals surface area contributed by atoms with Crippen LogP contribution in [0.2, 0.25) is 0 Å². The lowest BCUT2D eigenvalue weighted by molar-refractivity contribution is 0.147. The van der Waals surface area contributed by atoms with Gasteiger partial charge in [0.05, 0.1) is 0 Å². The largest absolute Gasteiger partial charge is 0.314 e. The van der Waals surface area contributed by atoms with Crippen LogP contribution in [-0.4, -0.2) is 12.6 Å². The van der Waals surface area contributed by atoms with Crippen LogP contribution in [-0.2, 0) is 0 Å². The number of unbranched alkanes of at least 4 members (excludes halogenated alkanes) is 1. The van der Waals surface area contributed by atoms with Crippen LogP contribution < -0.4 is 5.32 Å². The minimum absolute atomic E-state index is 0.589. The minimum Gasteiger partial charge on any atom is -0.314 e. The van der Waals surface area contributed by atoms with Crippen molar-refractivity contribution < 1.29 is 0 Å². The molecular weight excluding hydrogens is 218 g/mol. The Morgan fingerprint density at radius 2 is 1.94 bits per heavy atom. The first-order chi connectivity index (χ1) is 8.64. The van der Waals surface area contributed by atoms with Gasteiger partial charge in [0.1, 0.15) is 0 Å². The summed E-state index contributed by atoms with van der Waals surface area (Å²) >= 11 is 0. The van der Waals surface area contributed by atoms with Crippen molar-refractivity contribution in [3.05, 3.63) is 12.7 Å². The monoisotopic (exact) mass is 251 g/mol. The van der Waals surface area contributed by atoms with E-state index in [1.807, 2.05) is 0 Å². The lowest BCUT2D eigenvalue weighted by Crippen LogP contribution is -2.44. The molecule has 0 aliphatic heterocycles. The molecule has 1 unspecified atom stereocenters. The third kappa shape index (κ3) is 4.42. The van der Waals surface area contributed by atoms with E-state index >= 15 is 0 Å². The summed E-state index contributed by atoms with van der Waals surface area (Å²) in [4.78, 5) is 0. The van der Waals surface area contributed by atoms with Crippen LogP contribution in [0.25, 0.3) is 0 Å². The van der Waals surface area contributed by atoms with E-state index in [0.717, 1.165) is 18.5 Å². The van der Waals surface area contributed by atoms with Gasteiger partial charge >= 0.3 is 0 Å². The summed E-state index contributed by atoms with van der Waals surface area (Å²) in [6.07, 6.45) is 13.0. The van der Waals surface area contributed by atoms with Gasteiger partial charge < -0.3 is 5.32 Å². The lowest BCUT2D eigenvalue weighted by Gasteiger charge is -2.40. The average molecular weight is 251 g/mol. The number of rotatable bonds is 9. The summed E-state index contributed by atoms with van der Waals surface area (Å²) in [5, 5.41) is 3.80. The Kier molecular flexibility index (Phi) is 6.99. The quantitative estimate of drug-likeness (QED) is 0.453. The fourth-order valence-electron chi connectivity index (χ4n) is 3.92. The average Bonchev–Trinajstić information content (AvgIpc) is 2.77. The fourth-order valence-corrected chi connectivity index (χ4v) is 3.92. The fraction of sp³-hybridized carbons (Fsp3) is 0.882. The van der Waals surface area contributed by atoms with Gasteiger partial charge in [-0.15, -0.1) is 6.58 Å². The predicted octanol–water partition coefficient (Wildman–Crippen LogP) is 4.93. The van der Waals surface area contributed by atoms with E-state index in [2.05, 4.69) is 38.7 Å². The number of hydrogen-bond donors (Lipinski definition) is 1. The number of nitrogens with one attached hydrogen (secondary N) is 1. The maximum Gasteiger partial charge on any atom is 0.0124 e. The van der Waals surface area contributed by atoms with Crippen LogP contribution in [0.4, 0.5) is 0 Å². The van der Waals surface area contributed by atoms with Crippen molar-refractivity contribution in [3.8, 4) is 0 Å². The molecule has 1 nitrogen and oxygen atoms in total. The van der Waals surface area contributed by atoms with Gasteiger partial charge in [0.2, 0.25) is 0 Å². The van der Waals surface area contributed by atoms with Crippen molar-refractivity contribution in [2.24, 2.45) is 11.3 Å². The van der Waals surface area contributed by atoms with E-state index in [-0.39, 0.29) is 0 Å². The SMILES string of the molecule is C=CCCCC(NCC)C1(CC(C)C)CCCC1. The maximum atomic E-state index is 3.85. The highest BCUT2D eigenvalue weighted by Crippen LogP contribution is 2.47. The van der Waals surface area contributed by atoms with Gasteiger partial charge in [-0.1, -0.05) is 39.7 Å². The van der Waals surface area contributed by atoms with Gasteiger partial charge in [0.25, 0.3) is 0 Å². The molecule has 18 heavy (non-hydrogen) atoms. The van der Waals surface area contributed by atoms with E-state index in [4.69, 9.17) is 0 Å². The van der Waals surface area contributed by atoms with Gasteiger partial charge in [0.15, 0.2) is 0 Å². The Hall–Kier alpha value is -0.300. The first kappa shape index (κ1) is 15.8. The van der Waals surface area contributed by atoms with Gasteiger partial charge in [-0.2, -0.15) is 0 Å². The summed E-state index contributed by atoms with van der Waals surface area (Å²) in [5.41, 5.74) is 0.589. The first-order valence-corrected chi connectivity index (χ1v) is 7.99. The second kappa shape index (κ2) is 7.99. The van der Waals surface area contributed by atoms with Crippen LogP contribution in [0.15, 0.2) is 12.7 Å². The lowest BCUT2D eigenvalue weighted by atomic mass is 9.71. The smallest absolute Gasteiger partial charge is 0.0124 e. The molecule has 1 atom stereocenters. The first-order valence-electron chi connectivity index (χ1n) is 7.99. The molecular formula is C17H33N. The van der Waals surface area contributed by atoms with Crippen LogP contribution in [0.1, 0.15) is 72.1 Å². The predicted molar refractivity (Wildman–Crippen MR) is 81.9 cm³/mol. The third-order valence-corrected chi connectivity index (χ3v) is 4.50. The van der Waals surface area contributed by atoms with Crippen molar-refractivity contribution in [2.45, 2.75) is 78.2 Å². The van der Waals surface area contributed by atoms with E-state index in [9.17, 15) is 0 Å². The summed E-state index contributed by atoms with van der Waals surface area (Å²) in [7, 11) is 0. The van der Waals surface area contributed by atoms with Crippen LogP contribution in [0.5, 0.6) is 0 Å². The van der Waals surface area contributed by atoms with Gasteiger partial charge in [-0.05, 0) is 56.4 Å². The van der Waals surface area contributed by atoms with Crippen LogP contribution in [0, 0.1) is 11.3 Å². The Morgan fingerprint density at radius 1 is 1.28 bits per heavy atom. The van der Waals surface area contributed by atoms with Gasteiger partial charge in [0, 0.05) is 6.04 Å². The molecule has 0 radical (unpaired) electrons. The molecule has 0 aromatic heterocycles. The number of allylic oxidation sites excluding steroid dienone is 1. The molecule has 0 amide bonds. The summed E-state index contributed by atoms with van der Waals surface area (Å²) in [6, 6.07) is 0.729. The minimum atomic E-state index is 0.589. The molecule has 1 saturated carbocycles. The zero-order chi connectivity index (χ0) is 13.4. The molecule has 1 fully saturated rings. The van der Waals surface area contributed by atoms with Crippen molar-refractivity contribution in [2.75, 3.05) is 6.54 Å². The second-order valence-electron chi connectivity index (χ2n) is 6.50. The molecule has 106 valence electrons. The summed E-state index contributed by atoms with van der Waals surface area (Å²) in [6.45, 7) is 12.0. The Morgan fingerprint density at radius 3 is 2.44 bits per heavy atom. The molecule has 1 N–H and O–H groups in total. The molecule has 1 rings (SSSR count). The molecule has 0 aromatic carbocycles. The van der Waals surface area contributed by atoms with E-state index in [1.54, 1.807) is 0 Å². The third-order valence-electron chi connectivity index (χ3n) is 4.50. The van der Waals surface area contributed by atoms with Crippen molar-refractivity contribution in [1.82, 2.24) is 5.32 Å². The van der Waals surface area contributed by atoms with Gasteiger partial charge in [-0.3, -0.25) is 0 Å². The molecule has 1 aliphatic carbocycles. The Labute approximate surface area is 114 Å². The van der Waals surface area contributed by atoms with Crippen LogP contribution >= 0.6 is 0 Å². The van der Waals surface area contributed by atoms with Crippen LogP contribution in [0.3, 0.4) is 0 Å².